The average molecular weight is 390 g/mol. The van der Waals surface area contributed by atoms with Gasteiger partial charge in [0.1, 0.15) is 6.26 Å². The SMILES string of the molecule is Cc1ccc(Cc2cnc(NC(=O)CNC(=O)c3ccoc3)s2)cc1Cl. The number of carbonyl (C=O) groups excluding carboxylic acids is 2. The highest BCUT2D eigenvalue weighted by molar-refractivity contribution is 7.15. The molecule has 2 N–H and O–H groups in total. The zero-order valence-electron chi connectivity index (χ0n) is 13.9. The highest BCUT2D eigenvalue weighted by atomic mass is 35.5. The van der Waals surface area contributed by atoms with E-state index >= 15 is 0 Å². The predicted octanol–water partition coefficient (Wildman–Crippen LogP) is 3.66. The summed E-state index contributed by atoms with van der Waals surface area (Å²) in [5.41, 5.74) is 2.48. The molecule has 3 aromatic rings. The molecule has 0 unspecified atom stereocenters. The van der Waals surface area contributed by atoms with Crippen LogP contribution in [0.5, 0.6) is 0 Å². The summed E-state index contributed by atoms with van der Waals surface area (Å²) < 4.78 is 4.83. The van der Waals surface area contributed by atoms with Crippen LogP contribution in [0.3, 0.4) is 0 Å². The molecule has 1 aromatic carbocycles. The highest BCUT2D eigenvalue weighted by Gasteiger charge is 2.11. The molecule has 0 aliphatic carbocycles. The molecule has 0 saturated heterocycles. The summed E-state index contributed by atoms with van der Waals surface area (Å²) in [4.78, 5) is 28.9. The lowest BCUT2D eigenvalue weighted by molar-refractivity contribution is -0.115. The number of halogens is 1. The van der Waals surface area contributed by atoms with Gasteiger partial charge in [0, 0.05) is 22.5 Å². The van der Waals surface area contributed by atoms with Crippen molar-refractivity contribution in [1.82, 2.24) is 10.3 Å². The van der Waals surface area contributed by atoms with Crippen LogP contribution >= 0.6 is 22.9 Å². The summed E-state index contributed by atoms with van der Waals surface area (Å²) >= 11 is 7.53. The van der Waals surface area contributed by atoms with Crippen molar-refractivity contribution < 1.29 is 14.0 Å². The fourth-order valence-electron chi connectivity index (χ4n) is 2.21. The molecule has 0 aliphatic rings. The van der Waals surface area contributed by atoms with Gasteiger partial charge in [0.15, 0.2) is 5.13 Å². The summed E-state index contributed by atoms with van der Waals surface area (Å²) in [7, 11) is 0. The lowest BCUT2D eigenvalue weighted by Crippen LogP contribution is -2.32. The Bertz CT molecular complexity index is 922. The number of thiazole rings is 1. The maximum absolute atomic E-state index is 11.9. The zero-order valence-corrected chi connectivity index (χ0v) is 15.5. The minimum atomic E-state index is -0.370. The lowest BCUT2D eigenvalue weighted by Gasteiger charge is -2.03. The molecule has 0 bridgehead atoms. The molecule has 26 heavy (non-hydrogen) atoms. The van der Waals surface area contributed by atoms with Crippen LogP contribution in [0.2, 0.25) is 5.02 Å². The summed E-state index contributed by atoms with van der Waals surface area (Å²) in [6.45, 7) is 1.81. The number of benzene rings is 1. The van der Waals surface area contributed by atoms with Gasteiger partial charge in [-0.15, -0.1) is 11.3 Å². The topological polar surface area (TPSA) is 84.2 Å². The quantitative estimate of drug-likeness (QED) is 0.673. The van der Waals surface area contributed by atoms with Crippen molar-refractivity contribution in [3.63, 3.8) is 0 Å². The normalized spacial score (nSPS) is 10.5. The van der Waals surface area contributed by atoms with Gasteiger partial charge in [-0.05, 0) is 30.2 Å². The smallest absolute Gasteiger partial charge is 0.254 e. The first-order valence-corrected chi connectivity index (χ1v) is 9.00. The van der Waals surface area contributed by atoms with Crippen molar-refractivity contribution in [2.75, 3.05) is 11.9 Å². The fourth-order valence-corrected chi connectivity index (χ4v) is 3.28. The Morgan fingerprint density at radius 3 is 2.88 bits per heavy atom. The van der Waals surface area contributed by atoms with Crippen LogP contribution in [0.15, 0.2) is 47.4 Å². The third-order valence-electron chi connectivity index (χ3n) is 3.61. The molecule has 0 fully saturated rings. The van der Waals surface area contributed by atoms with Crippen LogP contribution in [0.1, 0.15) is 26.4 Å². The number of furan rings is 1. The van der Waals surface area contributed by atoms with Gasteiger partial charge in [-0.2, -0.15) is 0 Å². The van der Waals surface area contributed by atoms with Gasteiger partial charge < -0.3 is 15.1 Å². The molecular formula is C18H16ClN3O3S. The molecule has 0 radical (unpaired) electrons. The van der Waals surface area contributed by atoms with Gasteiger partial charge in [0.25, 0.3) is 5.91 Å². The van der Waals surface area contributed by atoms with Gasteiger partial charge in [-0.3, -0.25) is 9.59 Å². The molecule has 3 rings (SSSR count). The first-order valence-electron chi connectivity index (χ1n) is 7.81. The number of hydrogen-bond donors (Lipinski definition) is 2. The number of aromatic nitrogens is 1. The molecule has 0 saturated carbocycles. The van der Waals surface area contributed by atoms with E-state index in [9.17, 15) is 9.59 Å². The van der Waals surface area contributed by atoms with E-state index < -0.39 is 0 Å². The first kappa shape index (κ1) is 18.2. The second kappa shape index (κ2) is 8.16. The van der Waals surface area contributed by atoms with Crippen molar-refractivity contribution in [3.8, 4) is 0 Å². The van der Waals surface area contributed by atoms with E-state index in [-0.39, 0.29) is 18.4 Å². The Morgan fingerprint density at radius 2 is 2.15 bits per heavy atom. The van der Waals surface area contributed by atoms with E-state index in [2.05, 4.69) is 15.6 Å². The van der Waals surface area contributed by atoms with Gasteiger partial charge in [-0.1, -0.05) is 23.7 Å². The Balaban J connectivity index is 1.52. The number of nitrogens with one attached hydrogen (secondary N) is 2. The van der Waals surface area contributed by atoms with Crippen LogP contribution in [0.4, 0.5) is 5.13 Å². The van der Waals surface area contributed by atoms with Crippen LogP contribution in [0, 0.1) is 6.92 Å². The lowest BCUT2D eigenvalue weighted by atomic mass is 10.1. The predicted molar refractivity (Wildman–Crippen MR) is 101 cm³/mol. The van der Waals surface area contributed by atoms with Crippen molar-refractivity contribution in [3.05, 3.63) is 69.6 Å². The largest absolute Gasteiger partial charge is 0.472 e. The van der Waals surface area contributed by atoms with Crippen LogP contribution in [-0.4, -0.2) is 23.3 Å². The van der Waals surface area contributed by atoms with E-state index in [0.717, 1.165) is 21.0 Å². The summed E-state index contributed by atoms with van der Waals surface area (Å²) in [6, 6.07) is 7.45. The molecule has 2 amide bonds. The van der Waals surface area contributed by atoms with Crippen molar-refractivity contribution >= 4 is 39.9 Å². The van der Waals surface area contributed by atoms with E-state index in [0.29, 0.717) is 17.1 Å². The number of amides is 2. The average Bonchev–Trinajstić information content (AvgIpc) is 3.28. The molecule has 134 valence electrons. The zero-order chi connectivity index (χ0) is 18.5. The molecular weight excluding hydrogens is 374 g/mol. The number of carbonyl (C=O) groups is 2. The second-order valence-electron chi connectivity index (χ2n) is 5.63. The summed E-state index contributed by atoms with van der Waals surface area (Å²) in [5, 5.41) is 6.41. The Labute approximate surface area is 159 Å². The number of hydrogen-bond acceptors (Lipinski definition) is 5. The third-order valence-corrected chi connectivity index (χ3v) is 4.93. The Morgan fingerprint density at radius 1 is 1.31 bits per heavy atom. The van der Waals surface area contributed by atoms with Crippen LogP contribution in [-0.2, 0) is 11.2 Å². The second-order valence-corrected chi connectivity index (χ2v) is 7.16. The van der Waals surface area contributed by atoms with Crippen molar-refractivity contribution in [1.29, 1.82) is 0 Å². The van der Waals surface area contributed by atoms with Crippen LogP contribution in [0.25, 0.3) is 0 Å². The molecule has 2 heterocycles. The number of nitrogens with zero attached hydrogens (tertiary/aromatic N) is 1. The number of rotatable bonds is 6. The standard InChI is InChI=1S/C18H16ClN3O3S/c1-11-2-3-12(7-15(11)19)6-14-8-21-18(26-14)22-16(23)9-20-17(24)13-4-5-25-10-13/h2-5,7-8,10H,6,9H2,1H3,(H,20,24)(H,21,22,23). The molecule has 8 heteroatoms. The van der Waals surface area contributed by atoms with Crippen LogP contribution < -0.4 is 10.6 Å². The fraction of sp³-hybridized carbons (Fsp3) is 0.167. The molecule has 6 nitrogen and oxygen atoms in total. The molecule has 0 spiro atoms. The highest BCUT2D eigenvalue weighted by Crippen LogP contribution is 2.23. The Kier molecular flexibility index (Phi) is 5.70. The minimum Gasteiger partial charge on any atom is -0.472 e. The number of aryl methyl sites for hydroxylation is 1. The van der Waals surface area contributed by atoms with E-state index in [1.165, 1.54) is 29.9 Å². The van der Waals surface area contributed by atoms with Crippen molar-refractivity contribution in [2.45, 2.75) is 13.3 Å². The summed E-state index contributed by atoms with van der Waals surface area (Å²) in [6.07, 6.45) is 5.12. The van der Waals surface area contributed by atoms with E-state index in [1.807, 2.05) is 25.1 Å². The van der Waals surface area contributed by atoms with Crippen molar-refractivity contribution in [2.24, 2.45) is 0 Å². The molecule has 0 atom stereocenters. The monoisotopic (exact) mass is 389 g/mol. The Hall–Kier alpha value is -2.64. The molecule has 0 aliphatic heterocycles. The van der Waals surface area contributed by atoms with E-state index in [1.54, 1.807) is 6.20 Å². The van der Waals surface area contributed by atoms with Gasteiger partial charge >= 0.3 is 0 Å². The third kappa shape index (κ3) is 4.71. The van der Waals surface area contributed by atoms with Gasteiger partial charge in [-0.25, -0.2) is 4.98 Å². The first-order chi connectivity index (χ1) is 12.5. The molecule has 2 aromatic heterocycles. The maximum Gasteiger partial charge on any atom is 0.254 e. The van der Waals surface area contributed by atoms with Gasteiger partial charge in [0.2, 0.25) is 5.91 Å². The number of anilines is 1. The minimum absolute atomic E-state index is 0.146. The van der Waals surface area contributed by atoms with E-state index in [4.69, 9.17) is 16.0 Å². The maximum atomic E-state index is 11.9. The summed E-state index contributed by atoms with van der Waals surface area (Å²) in [5.74, 6) is -0.717. The van der Waals surface area contributed by atoms with Gasteiger partial charge in [0.05, 0.1) is 18.4 Å².